The van der Waals surface area contributed by atoms with Gasteiger partial charge < -0.3 is 10.3 Å². The summed E-state index contributed by atoms with van der Waals surface area (Å²) in [5, 5.41) is 4.40. The maximum atomic E-state index is 12.4. The maximum Gasteiger partial charge on any atom is 0.243 e. The van der Waals surface area contributed by atoms with Crippen LogP contribution in [-0.2, 0) is 16.8 Å². The zero-order valence-corrected chi connectivity index (χ0v) is 19.4. The maximum absolute atomic E-state index is 12.4. The average Bonchev–Trinajstić information content (AvgIpc) is 3.23. The molecular weight excluding hydrogens is 394 g/mol. The second-order valence-electron chi connectivity index (χ2n) is 9.20. The van der Waals surface area contributed by atoms with Gasteiger partial charge in [0.15, 0.2) is 0 Å². The summed E-state index contributed by atoms with van der Waals surface area (Å²) in [5.41, 5.74) is 5.27. The van der Waals surface area contributed by atoms with Crippen molar-refractivity contribution >= 4 is 16.8 Å². The highest BCUT2D eigenvalue weighted by Gasteiger charge is 2.37. The molecule has 0 spiro atoms. The molecule has 1 aromatic heterocycles. The first-order valence-electron chi connectivity index (χ1n) is 11.8. The summed E-state index contributed by atoms with van der Waals surface area (Å²) in [4.78, 5) is 18.1. The van der Waals surface area contributed by atoms with Gasteiger partial charge in [-0.05, 0) is 76.2 Å². The lowest BCUT2D eigenvalue weighted by molar-refractivity contribution is -0.116. The number of aromatic amines is 1. The van der Waals surface area contributed by atoms with Gasteiger partial charge in [-0.15, -0.1) is 0 Å². The third kappa shape index (κ3) is 4.97. The molecule has 4 heteroatoms. The summed E-state index contributed by atoms with van der Waals surface area (Å²) in [6.07, 6.45) is 11.1. The zero-order chi connectivity index (χ0) is 22.4. The first kappa shape index (κ1) is 22.3. The third-order valence-electron chi connectivity index (χ3n) is 7.07. The van der Waals surface area contributed by atoms with Crippen molar-refractivity contribution in [3.63, 3.8) is 0 Å². The van der Waals surface area contributed by atoms with Gasteiger partial charge in [0.25, 0.3) is 0 Å². The van der Waals surface area contributed by atoms with E-state index in [9.17, 15) is 4.79 Å². The Labute approximate surface area is 191 Å². The SMILES string of the molecule is CN(C)C1(c2ccccc2)CCC(=CC(=O)NCCCCc2c[nH]c3ccccc23)CC1. The van der Waals surface area contributed by atoms with Crippen LogP contribution in [0.1, 0.15) is 49.7 Å². The lowest BCUT2D eigenvalue weighted by Gasteiger charge is -2.44. The van der Waals surface area contributed by atoms with Gasteiger partial charge in [-0.2, -0.15) is 0 Å². The van der Waals surface area contributed by atoms with Gasteiger partial charge in [-0.25, -0.2) is 0 Å². The minimum Gasteiger partial charge on any atom is -0.361 e. The van der Waals surface area contributed by atoms with E-state index >= 15 is 0 Å². The van der Waals surface area contributed by atoms with Gasteiger partial charge >= 0.3 is 0 Å². The van der Waals surface area contributed by atoms with Gasteiger partial charge in [0, 0.05) is 35.3 Å². The van der Waals surface area contributed by atoms with Crippen molar-refractivity contribution < 1.29 is 4.79 Å². The molecule has 0 aliphatic heterocycles. The third-order valence-corrected chi connectivity index (χ3v) is 7.07. The van der Waals surface area contributed by atoms with Crippen LogP contribution in [0.5, 0.6) is 0 Å². The van der Waals surface area contributed by atoms with Crippen LogP contribution >= 0.6 is 0 Å². The number of hydrogen-bond acceptors (Lipinski definition) is 2. The van der Waals surface area contributed by atoms with E-state index in [-0.39, 0.29) is 11.4 Å². The van der Waals surface area contributed by atoms with Crippen LogP contribution in [0.3, 0.4) is 0 Å². The Hall–Kier alpha value is -2.85. The molecule has 1 aliphatic rings. The summed E-state index contributed by atoms with van der Waals surface area (Å²) in [6, 6.07) is 19.2. The zero-order valence-electron chi connectivity index (χ0n) is 19.4. The molecule has 0 saturated heterocycles. The lowest BCUT2D eigenvalue weighted by Crippen LogP contribution is -2.43. The molecule has 1 aliphatic carbocycles. The Morgan fingerprint density at radius 1 is 1.03 bits per heavy atom. The number of unbranched alkanes of at least 4 members (excludes halogenated alkanes) is 1. The number of H-pyrrole nitrogens is 1. The van der Waals surface area contributed by atoms with Crippen LogP contribution < -0.4 is 5.32 Å². The van der Waals surface area contributed by atoms with Crippen molar-refractivity contribution in [1.82, 2.24) is 15.2 Å². The van der Waals surface area contributed by atoms with Crippen molar-refractivity contribution in [3.8, 4) is 0 Å². The summed E-state index contributed by atoms with van der Waals surface area (Å²) < 4.78 is 0. The minimum atomic E-state index is 0.0594. The van der Waals surface area contributed by atoms with E-state index in [1.54, 1.807) is 0 Å². The fraction of sp³-hybridized carbons (Fsp3) is 0.393. The second-order valence-corrected chi connectivity index (χ2v) is 9.20. The van der Waals surface area contributed by atoms with E-state index in [0.29, 0.717) is 0 Å². The number of amides is 1. The van der Waals surface area contributed by atoms with Crippen molar-refractivity contribution in [2.24, 2.45) is 0 Å². The van der Waals surface area contributed by atoms with Gasteiger partial charge in [0.05, 0.1) is 0 Å². The topological polar surface area (TPSA) is 48.1 Å². The number of carbonyl (C=O) groups is 1. The molecule has 0 unspecified atom stereocenters. The number of rotatable bonds is 8. The molecule has 1 amide bonds. The van der Waals surface area contributed by atoms with Crippen LogP contribution in [0.2, 0.25) is 0 Å². The molecular formula is C28H35N3O. The molecule has 1 fully saturated rings. The van der Waals surface area contributed by atoms with Gasteiger partial charge in [-0.3, -0.25) is 9.69 Å². The molecule has 1 saturated carbocycles. The molecule has 4 rings (SSSR count). The lowest BCUT2D eigenvalue weighted by atomic mass is 9.74. The van der Waals surface area contributed by atoms with Gasteiger partial charge in [0.1, 0.15) is 0 Å². The monoisotopic (exact) mass is 429 g/mol. The van der Waals surface area contributed by atoms with E-state index in [1.807, 2.05) is 6.08 Å². The molecule has 4 nitrogen and oxygen atoms in total. The number of aryl methyl sites for hydroxylation is 1. The molecule has 32 heavy (non-hydrogen) atoms. The highest BCUT2D eigenvalue weighted by Crippen LogP contribution is 2.42. The van der Waals surface area contributed by atoms with Crippen LogP contribution in [0, 0.1) is 0 Å². The van der Waals surface area contributed by atoms with E-state index in [1.165, 1.54) is 27.6 Å². The summed E-state index contributed by atoms with van der Waals surface area (Å²) in [7, 11) is 4.34. The second kappa shape index (κ2) is 10.2. The minimum absolute atomic E-state index is 0.0594. The normalized spacial score (nSPS) is 18.8. The Bertz CT molecular complexity index is 1050. The molecule has 2 N–H and O–H groups in total. The predicted molar refractivity (Wildman–Crippen MR) is 133 cm³/mol. The molecule has 0 radical (unpaired) electrons. The number of nitrogens with zero attached hydrogens (tertiary/aromatic N) is 1. The predicted octanol–water partition coefficient (Wildman–Crippen LogP) is 5.56. The standard InChI is InChI=1S/C28H35N3O/c1-31(2)28(24-11-4-3-5-12-24)17-15-22(16-18-28)20-27(32)29-19-9-8-10-23-21-30-26-14-7-6-13-25(23)26/h3-7,11-14,20-21,30H,8-10,15-19H2,1-2H3,(H,29,32). The van der Waals surface area contributed by atoms with Crippen molar-refractivity contribution in [2.45, 2.75) is 50.5 Å². The summed E-state index contributed by atoms with van der Waals surface area (Å²) in [5.74, 6) is 0.0594. The van der Waals surface area contributed by atoms with Crippen LogP contribution in [-0.4, -0.2) is 36.4 Å². The average molecular weight is 430 g/mol. The molecule has 0 bridgehead atoms. The molecule has 3 aromatic rings. The Morgan fingerprint density at radius 2 is 1.75 bits per heavy atom. The van der Waals surface area contributed by atoms with E-state index < -0.39 is 0 Å². The first-order chi connectivity index (χ1) is 15.6. The number of aromatic nitrogens is 1. The number of fused-ring (bicyclic) bond motifs is 1. The number of hydrogen-bond donors (Lipinski definition) is 2. The van der Waals surface area contributed by atoms with Crippen LogP contribution in [0.4, 0.5) is 0 Å². The van der Waals surface area contributed by atoms with Crippen LogP contribution in [0.15, 0.2) is 72.4 Å². The Kier molecular flexibility index (Phi) is 7.11. The Balaban J connectivity index is 1.22. The summed E-state index contributed by atoms with van der Waals surface area (Å²) >= 11 is 0. The number of nitrogens with one attached hydrogen (secondary N) is 2. The van der Waals surface area contributed by atoms with Gasteiger partial charge in [0.2, 0.25) is 5.91 Å². The van der Waals surface area contributed by atoms with E-state index in [0.717, 1.165) is 51.5 Å². The molecule has 168 valence electrons. The quantitative estimate of drug-likeness (QED) is 0.364. The first-order valence-corrected chi connectivity index (χ1v) is 11.8. The molecule has 2 aromatic carbocycles. The smallest absolute Gasteiger partial charge is 0.243 e. The van der Waals surface area contributed by atoms with Crippen molar-refractivity contribution in [2.75, 3.05) is 20.6 Å². The fourth-order valence-corrected chi connectivity index (χ4v) is 5.10. The fourth-order valence-electron chi connectivity index (χ4n) is 5.10. The Morgan fingerprint density at radius 3 is 2.50 bits per heavy atom. The molecule has 1 heterocycles. The summed E-state index contributed by atoms with van der Waals surface area (Å²) in [6.45, 7) is 0.733. The number of para-hydroxylation sites is 1. The number of carbonyl (C=O) groups excluding carboxylic acids is 1. The number of benzene rings is 2. The highest BCUT2D eigenvalue weighted by molar-refractivity contribution is 5.88. The van der Waals surface area contributed by atoms with Crippen LogP contribution in [0.25, 0.3) is 10.9 Å². The van der Waals surface area contributed by atoms with Crippen molar-refractivity contribution in [1.29, 1.82) is 0 Å². The largest absolute Gasteiger partial charge is 0.361 e. The van der Waals surface area contributed by atoms with Gasteiger partial charge in [-0.1, -0.05) is 54.1 Å². The van der Waals surface area contributed by atoms with E-state index in [4.69, 9.17) is 0 Å². The van der Waals surface area contributed by atoms with E-state index in [2.05, 4.69) is 90.1 Å². The number of allylic oxidation sites excluding steroid dienone is 1. The van der Waals surface area contributed by atoms with Crippen molar-refractivity contribution in [3.05, 3.63) is 83.6 Å². The molecule has 0 atom stereocenters. The highest BCUT2D eigenvalue weighted by atomic mass is 16.1.